The molecule has 6 rings (SSSR count). The van der Waals surface area contributed by atoms with Crippen molar-refractivity contribution < 1.29 is 0 Å². The van der Waals surface area contributed by atoms with E-state index in [1.807, 2.05) is 24.3 Å². The van der Waals surface area contributed by atoms with Crippen molar-refractivity contribution in [3.63, 3.8) is 0 Å². The van der Waals surface area contributed by atoms with Gasteiger partial charge in [-0.2, -0.15) is 4.98 Å². The Bertz CT molecular complexity index is 1370. The third-order valence-corrected chi connectivity index (χ3v) is 8.01. The van der Waals surface area contributed by atoms with Gasteiger partial charge in [-0.3, -0.25) is 0 Å². The minimum absolute atomic E-state index is 0.0126. The number of hydrogen-bond acceptors (Lipinski definition) is 4. The van der Waals surface area contributed by atoms with E-state index in [-0.39, 0.29) is 10.8 Å². The highest BCUT2D eigenvalue weighted by Crippen LogP contribution is 2.66. The number of imidazole rings is 1. The van der Waals surface area contributed by atoms with Gasteiger partial charge in [0.2, 0.25) is 5.95 Å². The van der Waals surface area contributed by atoms with Crippen LogP contribution in [-0.4, -0.2) is 25.6 Å². The van der Waals surface area contributed by atoms with Crippen LogP contribution in [0.15, 0.2) is 59.1 Å². The molecule has 2 fully saturated rings. The largest absolute Gasteiger partial charge is 0.306 e. The number of para-hydroxylation sites is 2. The average Bonchev–Trinajstić information content (AvgIpc) is 3.31. The maximum atomic E-state index is 5.13. The first-order valence-electron chi connectivity index (χ1n) is 11.4. The molecule has 2 unspecified atom stereocenters. The summed E-state index contributed by atoms with van der Waals surface area (Å²) in [5, 5.41) is 0. The van der Waals surface area contributed by atoms with Crippen LogP contribution in [0.2, 0.25) is 0 Å². The zero-order valence-electron chi connectivity index (χ0n) is 19.0. The Morgan fingerprint density at radius 3 is 2.44 bits per heavy atom. The Morgan fingerprint density at radius 1 is 0.969 bits per heavy atom. The molecule has 0 amide bonds. The van der Waals surface area contributed by atoms with Crippen LogP contribution in [0, 0.1) is 23.7 Å². The van der Waals surface area contributed by atoms with Gasteiger partial charge in [-0.15, -0.1) is 0 Å². The zero-order valence-corrected chi connectivity index (χ0v) is 19.0. The number of aromatic amines is 1. The van der Waals surface area contributed by atoms with Crippen LogP contribution in [-0.2, 0) is 0 Å². The van der Waals surface area contributed by atoms with Gasteiger partial charge in [0.05, 0.1) is 16.7 Å². The molecule has 1 N–H and O–H groups in total. The van der Waals surface area contributed by atoms with Crippen LogP contribution in [0.1, 0.15) is 44.7 Å². The summed E-state index contributed by atoms with van der Waals surface area (Å²) in [4.78, 5) is 22.5. The van der Waals surface area contributed by atoms with Gasteiger partial charge in [-0.25, -0.2) is 15.0 Å². The molecular weight excluding hydrogens is 394 g/mol. The fourth-order valence-electron chi connectivity index (χ4n) is 5.70. The quantitative estimate of drug-likeness (QED) is 0.406. The molecule has 2 aliphatic carbocycles. The minimum Gasteiger partial charge on any atom is -0.306 e. The number of rotatable bonds is 2. The molecule has 5 nitrogen and oxygen atoms in total. The van der Waals surface area contributed by atoms with Gasteiger partial charge >= 0.3 is 0 Å². The molecule has 2 heterocycles. The number of aryl methyl sites for hydroxylation is 1. The topological polar surface area (TPSA) is 66.8 Å². The summed E-state index contributed by atoms with van der Waals surface area (Å²) < 4.78 is 0. The predicted molar refractivity (Wildman–Crippen MR) is 130 cm³/mol. The van der Waals surface area contributed by atoms with Gasteiger partial charge in [-0.1, -0.05) is 62.7 Å². The van der Waals surface area contributed by atoms with E-state index in [1.54, 1.807) is 0 Å². The lowest BCUT2D eigenvalue weighted by molar-refractivity contribution is 0.203. The van der Waals surface area contributed by atoms with Gasteiger partial charge in [0.1, 0.15) is 0 Å². The van der Waals surface area contributed by atoms with Crippen molar-refractivity contribution in [3.8, 4) is 0 Å². The maximum Gasteiger partial charge on any atom is 0.230 e. The van der Waals surface area contributed by atoms with Crippen LogP contribution in [0.25, 0.3) is 28.4 Å². The van der Waals surface area contributed by atoms with Crippen molar-refractivity contribution in [2.45, 2.75) is 40.5 Å². The predicted octanol–water partition coefficient (Wildman–Crippen LogP) is 6.43. The second kappa shape index (κ2) is 6.58. The van der Waals surface area contributed by atoms with Crippen molar-refractivity contribution in [1.29, 1.82) is 0 Å². The third kappa shape index (κ3) is 2.70. The van der Waals surface area contributed by atoms with E-state index in [4.69, 9.17) is 15.0 Å². The summed E-state index contributed by atoms with van der Waals surface area (Å²) in [5.74, 6) is 1.08. The zero-order chi connectivity index (χ0) is 22.1. The van der Waals surface area contributed by atoms with Crippen molar-refractivity contribution in [3.05, 3.63) is 65.2 Å². The molecule has 2 aliphatic rings. The van der Waals surface area contributed by atoms with E-state index in [2.05, 4.69) is 68.0 Å². The van der Waals surface area contributed by atoms with Gasteiger partial charge in [0.15, 0.2) is 11.3 Å². The molecule has 32 heavy (non-hydrogen) atoms. The van der Waals surface area contributed by atoms with E-state index in [1.165, 1.54) is 23.1 Å². The lowest BCUT2D eigenvalue weighted by Gasteiger charge is -2.33. The summed E-state index contributed by atoms with van der Waals surface area (Å²) in [6, 6.07) is 16.6. The van der Waals surface area contributed by atoms with Crippen molar-refractivity contribution in [1.82, 2.24) is 19.9 Å². The van der Waals surface area contributed by atoms with E-state index in [0.717, 1.165) is 23.2 Å². The summed E-state index contributed by atoms with van der Waals surface area (Å²) in [6.45, 7) is 9.28. The van der Waals surface area contributed by atoms with E-state index in [9.17, 15) is 0 Å². The number of nitrogens with zero attached hydrogens (tertiary/aromatic N) is 4. The van der Waals surface area contributed by atoms with Crippen LogP contribution in [0.3, 0.4) is 0 Å². The van der Waals surface area contributed by atoms with Crippen molar-refractivity contribution >= 4 is 40.1 Å². The first-order chi connectivity index (χ1) is 15.3. The first kappa shape index (κ1) is 19.4. The number of benzene rings is 2. The molecule has 4 aromatic rings. The highest BCUT2D eigenvalue weighted by molar-refractivity contribution is 6.12. The molecule has 2 bridgehead atoms. The van der Waals surface area contributed by atoms with Gasteiger partial charge in [0.25, 0.3) is 0 Å². The lowest BCUT2D eigenvalue weighted by atomic mass is 9.70. The fourth-order valence-corrected chi connectivity index (χ4v) is 5.70. The van der Waals surface area contributed by atoms with E-state index >= 15 is 0 Å². The standard InChI is InChI=1S/C27H27N5/c1-16-9-11-17(12-10-16)15-18-19-13-14-27(4,26(19,2)3)22(18)30-25-31-23-24(32-25)29-21-8-6-5-7-20(21)28-23/h5-12,15,19H,13-14H2,1-4H3,(H,28,29,31,32)/b18-15+,30-22+. The maximum absolute atomic E-state index is 5.13. The molecule has 2 aromatic heterocycles. The summed E-state index contributed by atoms with van der Waals surface area (Å²) in [7, 11) is 0. The van der Waals surface area contributed by atoms with E-state index in [0.29, 0.717) is 23.2 Å². The summed E-state index contributed by atoms with van der Waals surface area (Å²) in [5.41, 5.74) is 8.16. The summed E-state index contributed by atoms with van der Waals surface area (Å²) >= 11 is 0. The molecular formula is C27H27N5. The fraction of sp³-hybridized carbons (Fsp3) is 0.333. The van der Waals surface area contributed by atoms with Gasteiger partial charge < -0.3 is 4.98 Å². The molecule has 2 aromatic carbocycles. The highest BCUT2D eigenvalue weighted by Gasteiger charge is 2.62. The van der Waals surface area contributed by atoms with Gasteiger partial charge in [-0.05, 0) is 60.4 Å². The van der Waals surface area contributed by atoms with Gasteiger partial charge in [0, 0.05) is 5.41 Å². The van der Waals surface area contributed by atoms with Crippen LogP contribution >= 0.6 is 0 Å². The number of fused-ring (bicyclic) bond motifs is 4. The number of hydrogen-bond donors (Lipinski definition) is 1. The van der Waals surface area contributed by atoms with E-state index < -0.39 is 0 Å². The normalized spacial score (nSPS) is 26.7. The third-order valence-electron chi connectivity index (χ3n) is 8.01. The number of nitrogens with one attached hydrogen (secondary N) is 1. The number of aliphatic imine (C=N–C) groups is 1. The average molecular weight is 422 g/mol. The Labute approximate surface area is 187 Å². The monoisotopic (exact) mass is 421 g/mol. The molecule has 5 heteroatoms. The molecule has 160 valence electrons. The number of aromatic nitrogens is 4. The van der Waals surface area contributed by atoms with Crippen LogP contribution < -0.4 is 0 Å². The molecule has 0 spiro atoms. The summed E-state index contributed by atoms with van der Waals surface area (Å²) in [6.07, 6.45) is 4.69. The first-order valence-corrected chi connectivity index (χ1v) is 11.4. The Kier molecular flexibility index (Phi) is 3.98. The molecule has 0 saturated heterocycles. The Morgan fingerprint density at radius 2 is 1.69 bits per heavy atom. The van der Waals surface area contributed by atoms with Crippen molar-refractivity contribution in [2.75, 3.05) is 0 Å². The Hall–Kier alpha value is -3.34. The highest BCUT2D eigenvalue weighted by atomic mass is 15.1. The lowest BCUT2D eigenvalue weighted by Crippen LogP contribution is -2.32. The number of allylic oxidation sites excluding steroid dienone is 1. The minimum atomic E-state index is 0.0126. The Balaban J connectivity index is 1.51. The van der Waals surface area contributed by atoms with Crippen LogP contribution in [0.4, 0.5) is 5.95 Å². The molecule has 0 aliphatic heterocycles. The smallest absolute Gasteiger partial charge is 0.230 e. The molecule has 2 saturated carbocycles. The second-order valence-corrected chi connectivity index (χ2v) is 10.1. The molecule has 2 atom stereocenters. The second-order valence-electron chi connectivity index (χ2n) is 10.1. The molecule has 0 radical (unpaired) electrons. The number of H-pyrrole nitrogens is 1. The van der Waals surface area contributed by atoms with Crippen LogP contribution in [0.5, 0.6) is 0 Å². The SMILES string of the molecule is Cc1ccc(/C=C2/C(=N\c3nc4nc5ccccc5nc4[nH]3)C3(C)CCC2C3(C)C)cc1. The van der Waals surface area contributed by atoms with Crippen molar-refractivity contribution in [2.24, 2.45) is 21.7 Å².